The number of carbonyl (C=O) groups is 1. The highest BCUT2D eigenvalue weighted by Crippen LogP contribution is 2.36. The minimum atomic E-state index is 0.521. The molecule has 1 aliphatic heterocycles. The van der Waals surface area contributed by atoms with Crippen molar-refractivity contribution in [2.24, 2.45) is 0 Å². The Morgan fingerprint density at radius 1 is 1.13 bits per heavy atom. The molecular weight excluding hydrogens is 233 g/mol. The van der Waals surface area contributed by atoms with Crippen molar-refractivity contribution in [2.75, 3.05) is 18.0 Å². The third-order valence-electron chi connectivity index (χ3n) is 2.60. The minimum Gasteiger partial charge on any atom is -0.369 e. The van der Waals surface area contributed by atoms with Gasteiger partial charge in [0.05, 0.1) is 15.7 Å². The highest BCUT2D eigenvalue weighted by molar-refractivity contribution is 6.39. The zero-order valence-corrected chi connectivity index (χ0v) is 9.68. The van der Waals surface area contributed by atoms with E-state index in [9.17, 15) is 4.79 Å². The summed E-state index contributed by atoms with van der Waals surface area (Å²) < 4.78 is 0. The van der Waals surface area contributed by atoms with E-state index in [0.717, 1.165) is 25.1 Å². The maximum atomic E-state index is 10.6. The van der Waals surface area contributed by atoms with Crippen LogP contribution < -0.4 is 4.90 Å². The molecule has 0 N–H and O–H groups in total. The van der Waals surface area contributed by atoms with Crippen LogP contribution in [-0.4, -0.2) is 19.4 Å². The average molecular weight is 244 g/mol. The van der Waals surface area contributed by atoms with Crippen LogP contribution in [0.25, 0.3) is 0 Å². The molecule has 1 aromatic rings. The molecule has 0 amide bonds. The summed E-state index contributed by atoms with van der Waals surface area (Å²) in [5.41, 5.74) is 1.38. The molecule has 15 heavy (non-hydrogen) atoms. The molecule has 0 unspecified atom stereocenters. The van der Waals surface area contributed by atoms with Crippen LogP contribution in [0.15, 0.2) is 12.1 Å². The zero-order valence-electron chi connectivity index (χ0n) is 8.17. The molecular formula is C11H11Cl2NO. The number of anilines is 1. The monoisotopic (exact) mass is 243 g/mol. The second kappa shape index (κ2) is 4.42. The van der Waals surface area contributed by atoms with E-state index in [0.29, 0.717) is 15.6 Å². The lowest BCUT2D eigenvalue weighted by Crippen LogP contribution is -2.18. The van der Waals surface area contributed by atoms with Crippen LogP contribution in [0.2, 0.25) is 10.0 Å². The molecule has 0 atom stereocenters. The maximum Gasteiger partial charge on any atom is 0.150 e. The van der Waals surface area contributed by atoms with Crippen LogP contribution in [-0.2, 0) is 0 Å². The fourth-order valence-corrected chi connectivity index (χ4v) is 2.64. The molecule has 0 aromatic heterocycles. The summed E-state index contributed by atoms with van der Waals surface area (Å²) in [4.78, 5) is 12.8. The number of carbonyl (C=O) groups excluding carboxylic acids is 1. The lowest BCUT2D eigenvalue weighted by atomic mass is 10.2. The van der Waals surface area contributed by atoms with Crippen molar-refractivity contribution in [3.8, 4) is 0 Å². The van der Waals surface area contributed by atoms with Gasteiger partial charge in [0.2, 0.25) is 0 Å². The third-order valence-corrected chi connectivity index (χ3v) is 3.17. The van der Waals surface area contributed by atoms with Gasteiger partial charge < -0.3 is 4.90 Å². The molecule has 1 heterocycles. The first kappa shape index (κ1) is 10.8. The number of rotatable bonds is 2. The summed E-state index contributed by atoms with van der Waals surface area (Å²) in [6.45, 7) is 1.97. The van der Waals surface area contributed by atoms with Crippen molar-refractivity contribution in [3.05, 3.63) is 27.7 Å². The molecule has 0 spiro atoms. The molecule has 1 aliphatic rings. The van der Waals surface area contributed by atoms with Gasteiger partial charge in [-0.25, -0.2) is 0 Å². The van der Waals surface area contributed by atoms with Gasteiger partial charge in [0.25, 0.3) is 0 Å². The summed E-state index contributed by atoms with van der Waals surface area (Å²) >= 11 is 12.2. The van der Waals surface area contributed by atoms with E-state index in [1.165, 1.54) is 12.8 Å². The molecule has 1 aromatic carbocycles. The van der Waals surface area contributed by atoms with E-state index in [4.69, 9.17) is 23.2 Å². The summed E-state index contributed by atoms with van der Waals surface area (Å²) in [5.74, 6) is 0. The number of halogens is 2. The first-order chi connectivity index (χ1) is 7.22. The SMILES string of the molecule is O=Cc1cc(Cl)c(N2CCCC2)c(Cl)c1. The Kier molecular flexibility index (Phi) is 3.17. The van der Waals surface area contributed by atoms with Crippen LogP contribution in [0, 0.1) is 0 Å². The van der Waals surface area contributed by atoms with Crippen molar-refractivity contribution in [1.29, 1.82) is 0 Å². The van der Waals surface area contributed by atoms with E-state index < -0.39 is 0 Å². The van der Waals surface area contributed by atoms with E-state index >= 15 is 0 Å². The molecule has 0 aliphatic carbocycles. The molecule has 4 heteroatoms. The summed E-state index contributed by atoms with van der Waals surface area (Å²) in [6.07, 6.45) is 3.09. The first-order valence-corrected chi connectivity index (χ1v) is 5.67. The quantitative estimate of drug-likeness (QED) is 0.743. The van der Waals surface area contributed by atoms with Gasteiger partial charge in [-0.1, -0.05) is 23.2 Å². The van der Waals surface area contributed by atoms with Crippen LogP contribution in [0.5, 0.6) is 0 Å². The highest BCUT2D eigenvalue weighted by Gasteiger charge is 2.18. The molecule has 2 rings (SSSR count). The summed E-state index contributed by atoms with van der Waals surface area (Å²) in [7, 11) is 0. The van der Waals surface area contributed by atoms with Gasteiger partial charge in [0.15, 0.2) is 0 Å². The Hall–Kier alpha value is -0.730. The zero-order chi connectivity index (χ0) is 10.8. The molecule has 0 bridgehead atoms. The Morgan fingerprint density at radius 2 is 1.67 bits per heavy atom. The third kappa shape index (κ3) is 2.11. The Labute approximate surface area is 98.8 Å². The fourth-order valence-electron chi connectivity index (χ4n) is 1.90. The lowest BCUT2D eigenvalue weighted by molar-refractivity contribution is 0.112. The van der Waals surface area contributed by atoms with Crippen LogP contribution in [0.4, 0.5) is 5.69 Å². The van der Waals surface area contributed by atoms with Crippen molar-refractivity contribution in [2.45, 2.75) is 12.8 Å². The number of benzene rings is 1. The molecule has 0 radical (unpaired) electrons. The standard InChI is InChI=1S/C11H11Cl2NO/c12-9-5-8(7-15)6-10(13)11(9)14-3-1-2-4-14/h5-7H,1-4H2. The van der Waals surface area contributed by atoms with E-state index in [2.05, 4.69) is 4.90 Å². The van der Waals surface area contributed by atoms with Crippen molar-refractivity contribution >= 4 is 35.2 Å². The largest absolute Gasteiger partial charge is 0.369 e. The second-order valence-electron chi connectivity index (χ2n) is 3.65. The van der Waals surface area contributed by atoms with E-state index in [1.54, 1.807) is 12.1 Å². The van der Waals surface area contributed by atoms with Gasteiger partial charge in [-0.15, -0.1) is 0 Å². The van der Waals surface area contributed by atoms with E-state index in [-0.39, 0.29) is 0 Å². The van der Waals surface area contributed by atoms with E-state index in [1.807, 2.05) is 0 Å². The Bertz CT molecular complexity index is 363. The van der Waals surface area contributed by atoms with Gasteiger partial charge in [0, 0.05) is 18.7 Å². The normalized spacial score (nSPS) is 15.7. The van der Waals surface area contributed by atoms with Gasteiger partial charge in [0.1, 0.15) is 6.29 Å². The van der Waals surface area contributed by atoms with Crippen LogP contribution >= 0.6 is 23.2 Å². The van der Waals surface area contributed by atoms with Crippen molar-refractivity contribution in [1.82, 2.24) is 0 Å². The highest BCUT2D eigenvalue weighted by atomic mass is 35.5. The fraction of sp³-hybridized carbons (Fsp3) is 0.364. The van der Waals surface area contributed by atoms with Crippen LogP contribution in [0.3, 0.4) is 0 Å². The number of hydrogen-bond acceptors (Lipinski definition) is 2. The van der Waals surface area contributed by atoms with Gasteiger partial charge in [-0.2, -0.15) is 0 Å². The minimum absolute atomic E-state index is 0.521. The lowest BCUT2D eigenvalue weighted by Gasteiger charge is -2.20. The number of hydrogen-bond donors (Lipinski definition) is 0. The molecule has 80 valence electrons. The van der Waals surface area contributed by atoms with Gasteiger partial charge >= 0.3 is 0 Å². The van der Waals surface area contributed by atoms with Gasteiger partial charge in [-0.05, 0) is 25.0 Å². The first-order valence-electron chi connectivity index (χ1n) is 4.91. The number of nitrogens with zero attached hydrogens (tertiary/aromatic N) is 1. The van der Waals surface area contributed by atoms with Crippen molar-refractivity contribution < 1.29 is 4.79 Å². The average Bonchev–Trinajstić information content (AvgIpc) is 2.69. The smallest absolute Gasteiger partial charge is 0.150 e. The summed E-state index contributed by atoms with van der Waals surface area (Å²) in [5, 5.41) is 1.12. The second-order valence-corrected chi connectivity index (χ2v) is 4.46. The van der Waals surface area contributed by atoms with Crippen LogP contribution in [0.1, 0.15) is 23.2 Å². The molecule has 0 saturated carbocycles. The summed E-state index contributed by atoms with van der Waals surface area (Å²) in [6, 6.07) is 3.32. The topological polar surface area (TPSA) is 20.3 Å². The molecule has 2 nitrogen and oxygen atoms in total. The van der Waals surface area contributed by atoms with Crippen molar-refractivity contribution in [3.63, 3.8) is 0 Å². The predicted octanol–water partition coefficient (Wildman–Crippen LogP) is 3.41. The molecule has 1 saturated heterocycles. The Balaban J connectivity index is 2.42. The number of aldehydes is 1. The Morgan fingerprint density at radius 3 is 2.13 bits per heavy atom. The maximum absolute atomic E-state index is 10.6. The van der Waals surface area contributed by atoms with Gasteiger partial charge in [-0.3, -0.25) is 4.79 Å². The molecule has 1 fully saturated rings. The predicted molar refractivity (Wildman–Crippen MR) is 63.3 cm³/mol.